The molecule has 1 aliphatic carbocycles. The molecule has 2 rings (SSSR count). The predicted molar refractivity (Wildman–Crippen MR) is 76.8 cm³/mol. The van der Waals surface area contributed by atoms with Gasteiger partial charge < -0.3 is 20.7 Å². The lowest BCUT2D eigenvalue weighted by atomic mass is 9.74. The summed E-state index contributed by atoms with van der Waals surface area (Å²) in [5.74, 6) is -0.806. The van der Waals surface area contributed by atoms with Gasteiger partial charge >= 0.3 is 12.0 Å². The number of aromatic amines is 1. The second-order valence-corrected chi connectivity index (χ2v) is 5.58. The summed E-state index contributed by atoms with van der Waals surface area (Å²) in [5.41, 5.74) is 0.156. The number of hydrogen-bond donors (Lipinski definition) is 4. The van der Waals surface area contributed by atoms with Gasteiger partial charge in [-0.2, -0.15) is 0 Å². The van der Waals surface area contributed by atoms with E-state index < -0.39 is 11.4 Å². The molecule has 21 heavy (non-hydrogen) atoms. The van der Waals surface area contributed by atoms with Gasteiger partial charge in [-0.05, 0) is 12.8 Å². The van der Waals surface area contributed by atoms with E-state index in [1.165, 1.54) is 0 Å². The van der Waals surface area contributed by atoms with Crippen molar-refractivity contribution in [3.63, 3.8) is 0 Å². The summed E-state index contributed by atoms with van der Waals surface area (Å²) >= 11 is 0. The smallest absolute Gasteiger partial charge is 0.314 e. The maximum absolute atomic E-state index is 11.7. The number of nitrogens with one attached hydrogen (secondary N) is 3. The van der Waals surface area contributed by atoms with Crippen molar-refractivity contribution in [1.82, 2.24) is 20.6 Å². The molecule has 4 N–H and O–H groups in total. The second-order valence-electron chi connectivity index (χ2n) is 5.58. The van der Waals surface area contributed by atoms with Gasteiger partial charge in [-0.25, -0.2) is 9.78 Å². The van der Waals surface area contributed by atoms with E-state index in [0.717, 1.165) is 25.0 Å². The maximum Gasteiger partial charge on any atom is 0.314 e. The highest BCUT2D eigenvalue weighted by atomic mass is 16.4. The minimum Gasteiger partial charge on any atom is -0.481 e. The molecular formula is C14H22N4O3. The fraction of sp³-hybridized carbons (Fsp3) is 0.643. The van der Waals surface area contributed by atoms with Crippen LogP contribution >= 0.6 is 0 Å². The van der Waals surface area contributed by atoms with E-state index in [1.54, 1.807) is 12.5 Å². The molecule has 1 aliphatic rings. The van der Waals surface area contributed by atoms with Crippen LogP contribution in [0.2, 0.25) is 0 Å². The van der Waals surface area contributed by atoms with E-state index in [4.69, 9.17) is 0 Å². The molecule has 0 bridgehead atoms. The number of imidazole rings is 1. The fourth-order valence-electron chi connectivity index (χ4n) is 2.74. The number of amides is 2. The lowest BCUT2D eigenvalue weighted by Crippen LogP contribution is -2.47. The topological polar surface area (TPSA) is 107 Å². The van der Waals surface area contributed by atoms with Crippen molar-refractivity contribution in [3.05, 3.63) is 18.2 Å². The minimum absolute atomic E-state index is 0.193. The van der Waals surface area contributed by atoms with Gasteiger partial charge in [0.05, 0.1) is 11.7 Å². The summed E-state index contributed by atoms with van der Waals surface area (Å²) in [6, 6.07) is -0.319. The van der Waals surface area contributed by atoms with Crippen LogP contribution in [0.25, 0.3) is 0 Å². The molecule has 116 valence electrons. The first-order valence-electron chi connectivity index (χ1n) is 7.35. The highest BCUT2D eigenvalue weighted by Crippen LogP contribution is 2.35. The van der Waals surface area contributed by atoms with Crippen molar-refractivity contribution in [2.45, 2.75) is 38.5 Å². The number of carboxylic acid groups (broad SMARTS) is 1. The van der Waals surface area contributed by atoms with Crippen LogP contribution in [0.5, 0.6) is 0 Å². The summed E-state index contributed by atoms with van der Waals surface area (Å²) in [5, 5.41) is 14.8. The van der Waals surface area contributed by atoms with Gasteiger partial charge in [0.25, 0.3) is 0 Å². The standard InChI is InChI=1S/C14H22N4O3/c19-12(20)14(5-2-1-3-6-14)9-17-13(21)16-7-4-11-8-15-10-18-11/h8,10H,1-7,9H2,(H,15,18)(H,19,20)(H2,16,17,21). The lowest BCUT2D eigenvalue weighted by molar-refractivity contribution is -0.150. The lowest BCUT2D eigenvalue weighted by Gasteiger charge is -2.33. The van der Waals surface area contributed by atoms with Crippen molar-refractivity contribution in [2.75, 3.05) is 13.1 Å². The summed E-state index contributed by atoms with van der Waals surface area (Å²) in [4.78, 5) is 30.1. The highest BCUT2D eigenvalue weighted by Gasteiger charge is 2.39. The van der Waals surface area contributed by atoms with Crippen LogP contribution in [0.4, 0.5) is 4.79 Å². The first-order valence-corrected chi connectivity index (χ1v) is 7.35. The molecule has 1 aromatic rings. The zero-order chi connectivity index (χ0) is 15.1. The van der Waals surface area contributed by atoms with Crippen LogP contribution in [0, 0.1) is 5.41 Å². The van der Waals surface area contributed by atoms with Gasteiger partial charge in [0, 0.05) is 31.4 Å². The fourth-order valence-corrected chi connectivity index (χ4v) is 2.74. The van der Waals surface area contributed by atoms with Gasteiger partial charge in [-0.15, -0.1) is 0 Å². The normalized spacial score (nSPS) is 17.1. The van der Waals surface area contributed by atoms with E-state index in [1.807, 2.05) is 0 Å². The zero-order valence-electron chi connectivity index (χ0n) is 12.0. The Morgan fingerprint density at radius 3 is 2.67 bits per heavy atom. The third-order valence-electron chi connectivity index (χ3n) is 4.09. The summed E-state index contributed by atoms with van der Waals surface area (Å²) in [6.45, 7) is 0.673. The predicted octanol–water partition coefficient (Wildman–Crippen LogP) is 1.29. The van der Waals surface area contributed by atoms with Gasteiger partial charge in [0.1, 0.15) is 0 Å². The van der Waals surface area contributed by atoms with Crippen molar-refractivity contribution < 1.29 is 14.7 Å². The van der Waals surface area contributed by atoms with E-state index in [-0.39, 0.29) is 12.6 Å². The van der Waals surface area contributed by atoms with Crippen molar-refractivity contribution in [3.8, 4) is 0 Å². The average Bonchev–Trinajstić information content (AvgIpc) is 2.99. The largest absolute Gasteiger partial charge is 0.481 e. The zero-order valence-corrected chi connectivity index (χ0v) is 12.0. The third kappa shape index (κ3) is 4.21. The molecule has 1 aromatic heterocycles. The summed E-state index contributed by atoms with van der Waals surface area (Å²) in [7, 11) is 0. The number of hydrogen-bond acceptors (Lipinski definition) is 3. The Bertz CT molecular complexity index is 467. The number of urea groups is 1. The van der Waals surface area contributed by atoms with Gasteiger partial charge in [-0.1, -0.05) is 19.3 Å². The Morgan fingerprint density at radius 1 is 1.29 bits per heavy atom. The number of carbonyl (C=O) groups excluding carboxylic acids is 1. The molecule has 7 nitrogen and oxygen atoms in total. The number of aromatic nitrogens is 2. The average molecular weight is 294 g/mol. The van der Waals surface area contributed by atoms with Crippen molar-refractivity contribution in [2.24, 2.45) is 5.41 Å². The molecule has 0 aromatic carbocycles. The first-order chi connectivity index (χ1) is 10.1. The molecule has 0 unspecified atom stereocenters. The molecule has 0 spiro atoms. The van der Waals surface area contributed by atoms with Gasteiger partial charge in [0.2, 0.25) is 0 Å². The number of H-pyrrole nitrogens is 1. The Balaban J connectivity index is 1.72. The molecular weight excluding hydrogens is 272 g/mol. The highest BCUT2D eigenvalue weighted by molar-refractivity contribution is 5.78. The monoisotopic (exact) mass is 294 g/mol. The van der Waals surface area contributed by atoms with Crippen LogP contribution in [-0.2, 0) is 11.2 Å². The SMILES string of the molecule is O=C(NCCc1cnc[nH]1)NCC1(C(=O)O)CCCCC1. The van der Waals surface area contributed by atoms with Crippen molar-refractivity contribution >= 4 is 12.0 Å². The maximum atomic E-state index is 11.7. The number of aliphatic carboxylic acids is 1. The second kappa shape index (κ2) is 7.10. The minimum atomic E-state index is -0.806. The summed E-state index contributed by atoms with van der Waals surface area (Å²) in [6.07, 6.45) is 8.14. The van der Waals surface area contributed by atoms with Crippen LogP contribution < -0.4 is 10.6 Å². The van der Waals surface area contributed by atoms with E-state index in [0.29, 0.717) is 25.8 Å². The Kier molecular flexibility index (Phi) is 5.19. The molecule has 0 aliphatic heterocycles. The molecule has 0 atom stereocenters. The van der Waals surface area contributed by atoms with Gasteiger partial charge in [0.15, 0.2) is 0 Å². The number of carboxylic acids is 1. The van der Waals surface area contributed by atoms with E-state index in [2.05, 4.69) is 20.6 Å². The number of nitrogens with zero attached hydrogens (tertiary/aromatic N) is 1. The van der Waals surface area contributed by atoms with Crippen LogP contribution in [-0.4, -0.2) is 40.2 Å². The summed E-state index contributed by atoms with van der Waals surface area (Å²) < 4.78 is 0. The Morgan fingerprint density at radius 2 is 2.05 bits per heavy atom. The Hall–Kier alpha value is -2.05. The number of rotatable bonds is 6. The molecule has 1 saturated carbocycles. The third-order valence-corrected chi connectivity index (χ3v) is 4.09. The Labute approximate surface area is 123 Å². The molecule has 7 heteroatoms. The molecule has 1 fully saturated rings. The van der Waals surface area contributed by atoms with Crippen LogP contribution in [0.3, 0.4) is 0 Å². The molecule has 1 heterocycles. The van der Waals surface area contributed by atoms with E-state index >= 15 is 0 Å². The first kappa shape index (κ1) is 15.3. The van der Waals surface area contributed by atoms with Gasteiger partial charge in [-0.3, -0.25) is 4.79 Å². The van der Waals surface area contributed by atoms with Crippen LogP contribution in [0.15, 0.2) is 12.5 Å². The number of carbonyl (C=O) groups is 2. The molecule has 0 saturated heterocycles. The molecule has 0 radical (unpaired) electrons. The van der Waals surface area contributed by atoms with Crippen LogP contribution in [0.1, 0.15) is 37.8 Å². The van der Waals surface area contributed by atoms with Crippen molar-refractivity contribution in [1.29, 1.82) is 0 Å². The van der Waals surface area contributed by atoms with E-state index in [9.17, 15) is 14.7 Å². The quantitative estimate of drug-likeness (QED) is 0.634. The molecule has 2 amide bonds.